The number of carboxylic acid groups (broad SMARTS) is 1. The molecular weight excluding hydrogens is 234 g/mol. The van der Waals surface area contributed by atoms with Crippen molar-refractivity contribution in [3.8, 4) is 0 Å². The molecule has 1 aromatic rings. The minimum atomic E-state index is -1.08. The van der Waals surface area contributed by atoms with Crippen LogP contribution in [-0.4, -0.2) is 35.0 Å². The minimum Gasteiger partial charge on any atom is -0.478 e. The Morgan fingerprint density at radius 2 is 2.33 bits per heavy atom. The zero-order valence-corrected chi connectivity index (χ0v) is 10.4. The molecule has 1 atom stereocenters. The van der Waals surface area contributed by atoms with Gasteiger partial charge in [-0.15, -0.1) is 0 Å². The third kappa shape index (κ3) is 2.55. The maximum atomic E-state index is 12.1. The van der Waals surface area contributed by atoms with Crippen molar-refractivity contribution in [2.75, 3.05) is 13.1 Å². The number of nitrogens with zero attached hydrogens (tertiary/aromatic N) is 1. The Morgan fingerprint density at radius 3 is 2.94 bits per heavy atom. The summed E-state index contributed by atoms with van der Waals surface area (Å²) in [6, 6.07) is 1.29. The first-order valence-electron chi connectivity index (χ1n) is 6.23. The number of likely N-dealkylation sites (tertiary alicyclic amines) is 1. The van der Waals surface area contributed by atoms with Crippen LogP contribution in [0, 0.1) is 5.92 Å². The van der Waals surface area contributed by atoms with Crippen LogP contribution in [0.4, 0.5) is 0 Å². The van der Waals surface area contributed by atoms with Crippen LogP contribution in [-0.2, 0) is 0 Å². The summed E-state index contributed by atoms with van der Waals surface area (Å²) < 4.78 is 5.04. The highest BCUT2D eigenvalue weighted by atomic mass is 16.4. The zero-order valence-electron chi connectivity index (χ0n) is 10.4. The summed E-state index contributed by atoms with van der Waals surface area (Å²) in [5, 5.41) is 8.79. The van der Waals surface area contributed by atoms with E-state index in [9.17, 15) is 9.59 Å². The Bertz CT molecular complexity index is 452. The fraction of sp³-hybridized carbons (Fsp3) is 0.538. The molecule has 0 radical (unpaired) electrons. The topological polar surface area (TPSA) is 70.8 Å². The fourth-order valence-corrected chi connectivity index (χ4v) is 2.30. The Balaban J connectivity index is 2.07. The third-order valence-electron chi connectivity index (χ3n) is 3.44. The maximum absolute atomic E-state index is 12.1. The smallest absolute Gasteiger partial charge is 0.338 e. The summed E-state index contributed by atoms with van der Waals surface area (Å²) in [5.41, 5.74) is 0.0161. The molecule has 1 aliphatic rings. The average molecular weight is 251 g/mol. The maximum Gasteiger partial charge on any atom is 0.338 e. The first-order chi connectivity index (χ1) is 8.61. The molecule has 0 saturated carbocycles. The summed E-state index contributed by atoms with van der Waals surface area (Å²) in [6.45, 7) is 3.57. The van der Waals surface area contributed by atoms with Crippen molar-refractivity contribution in [3.63, 3.8) is 0 Å². The molecule has 1 fully saturated rings. The van der Waals surface area contributed by atoms with Crippen LogP contribution in [0.2, 0.25) is 0 Å². The number of furan rings is 1. The molecule has 5 heteroatoms. The van der Waals surface area contributed by atoms with Gasteiger partial charge in [-0.2, -0.15) is 0 Å². The molecule has 1 aromatic heterocycles. The fourth-order valence-electron chi connectivity index (χ4n) is 2.30. The van der Waals surface area contributed by atoms with Crippen molar-refractivity contribution in [3.05, 3.63) is 23.7 Å². The molecule has 0 aromatic carbocycles. The molecule has 2 rings (SSSR count). The van der Waals surface area contributed by atoms with E-state index in [0.717, 1.165) is 38.6 Å². The van der Waals surface area contributed by atoms with Crippen LogP contribution in [0.1, 0.15) is 47.1 Å². The molecule has 1 aliphatic heterocycles. The summed E-state index contributed by atoms with van der Waals surface area (Å²) in [6.07, 6.45) is 4.31. The third-order valence-corrected chi connectivity index (χ3v) is 3.44. The molecule has 5 nitrogen and oxygen atoms in total. The number of carbonyl (C=O) groups excluding carboxylic acids is 1. The Morgan fingerprint density at radius 1 is 1.56 bits per heavy atom. The lowest BCUT2D eigenvalue weighted by atomic mass is 9.95. The lowest BCUT2D eigenvalue weighted by molar-refractivity contribution is 0.0638. The lowest BCUT2D eigenvalue weighted by Gasteiger charge is -2.31. The highest BCUT2D eigenvalue weighted by Crippen LogP contribution is 2.21. The standard InChI is InChI=1S/C13H17NO4/c1-2-9-4-3-5-14(7-9)12(15)11-6-10(8-18-11)13(16)17/h6,8-9H,2-5,7H2,1H3,(H,16,17). The van der Waals surface area contributed by atoms with E-state index in [4.69, 9.17) is 9.52 Å². The number of amides is 1. The molecule has 2 heterocycles. The summed E-state index contributed by atoms with van der Waals surface area (Å²) in [5.74, 6) is -0.635. The van der Waals surface area contributed by atoms with Gasteiger partial charge in [-0.3, -0.25) is 4.79 Å². The van der Waals surface area contributed by atoms with Crippen LogP contribution in [0.25, 0.3) is 0 Å². The Kier molecular flexibility index (Phi) is 3.69. The number of piperidine rings is 1. The Hall–Kier alpha value is -1.78. The van der Waals surface area contributed by atoms with E-state index < -0.39 is 5.97 Å². The predicted molar refractivity (Wildman–Crippen MR) is 64.6 cm³/mol. The van der Waals surface area contributed by atoms with Crippen LogP contribution >= 0.6 is 0 Å². The van der Waals surface area contributed by atoms with Gasteiger partial charge < -0.3 is 14.4 Å². The number of carbonyl (C=O) groups is 2. The van der Waals surface area contributed by atoms with Gasteiger partial charge >= 0.3 is 5.97 Å². The highest BCUT2D eigenvalue weighted by molar-refractivity contribution is 5.95. The van der Waals surface area contributed by atoms with E-state index in [-0.39, 0.29) is 17.2 Å². The van der Waals surface area contributed by atoms with Crippen LogP contribution in [0.3, 0.4) is 0 Å². The SMILES string of the molecule is CCC1CCCN(C(=O)c2cc(C(=O)O)co2)C1. The van der Waals surface area contributed by atoms with Crippen LogP contribution < -0.4 is 0 Å². The van der Waals surface area contributed by atoms with Crippen molar-refractivity contribution < 1.29 is 19.1 Å². The molecule has 1 amide bonds. The number of hydrogen-bond donors (Lipinski definition) is 1. The van der Waals surface area contributed by atoms with E-state index in [1.165, 1.54) is 6.07 Å². The molecule has 0 bridgehead atoms. The molecule has 0 spiro atoms. The predicted octanol–water partition coefficient (Wildman–Crippen LogP) is 2.24. The first kappa shape index (κ1) is 12.7. The molecule has 98 valence electrons. The van der Waals surface area contributed by atoms with Crippen molar-refractivity contribution in [2.24, 2.45) is 5.92 Å². The molecule has 1 N–H and O–H groups in total. The van der Waals surface area contributed by atoms with Gasteiger partial charge in [0.2, 0.25) is 0 Å². The number of rotatable bonds is 3. The van der Waals surface area contributed by atoms with Crippen molar-refractivity contribution in [2.45, 2.75) is 26.2 Å². The molecular formula is C13H17NO4. The summed E-state index contributed by atoms with van der Waals surface area (Å²) in [7, 11) is 0. The van der Waals surface area contributed by atoms with Gasteiger partial charge in [0.25, 0.3) is 5.91 Å². The second kappa shape index (κ2) is 5.25. The molecule has 0 aliphatic carbocycles. The lowest BCUT2D eigenvalue weighted by Crippen LogP contribution is -2.39. The summed E-state index contributed by atoms with van der Waals surface area (Å²) >= 11 is 0. The second-order valence-electron chi connectivity index (χ2n) is 4.67. The van der Waals surface area contributed by atoms with E-state index in [0.29, 0.717) is 5.92 Å². The van der Waals surface area contributed by atoms with Gasteiger partial charge in [-0.25, -0.2) is 4.79 Å². The normalized spacial score (nSPS) is 19.8. The van der Waals surface area contributed by atoms with Gasteiger partial charge in [-0.05, 0) is 18.8 Å². The molecule has 1 unspecified atom stereocenters. The van der Waals surface area contributed by atoms with Crippen molar-refractivity contribution in [1.82, 2.24) is 4.90 Å². The molecule has 18 heavy (non-hydrogen) atoms. The Labute approximate surface area is 105 Å². The van der Waals surface area contributed by atoms with Crippen molar-refractivity contribution >= 4 is 11.9 Å². The molecule has 1 saturated heterocycles. The van der Waals surface area contributed by atoms with Crippen molar-refractivity contribution in [1.29, 1.82) is 0 Å². The van der Waals surface area contributed by atoms with Crippen LogP contribution in [0.15, 0.2) is 16.7 Å². The van der Waals surface area contributed by atoms with E-state index in [1.54, 1.807) is 4.90 Å². The van der Waals surface area contributed by atoms with Crippen LogP contribution in [0.5, 0.6) is 0 Å². The zero-order chi connectivity index (χ0) is 13.1. The average Bonchev–Trinajstić information content (AvgIpc) is 2.87. The quantitative estimate of drug-likeness (QED) is 0.894. The number of hydrogen-bond acceptors (Lipinski definition) is 3. The van der Waals surface area contributed by atoms with E-state index in [1.807, 2.05) is 0 Å². The van der Waals surface area contributed by atoms with Gasteiger partial charge in [0.1, 0.15) is 6.26 Å². The van der Waals surface area contributed by atoms with Gasteiger partial charge in [0, 0.05) is 19.2 Å². The van der Waals surface area contributed by atoms with Gasteiger partial charge in [0.05, 0.1) is 5.56 Å². The second-order valence-corrected chi connectivity index (χ2v) is 4.67. The van der Waals surface area contributed by atoms with Gasteiger partial charge in [0.15, 0.2) is 5.76 Å². The minimum absolute atomic E-state index is 0.0161. The van der Waals surface area contributed by atoms with E-state index >= 15 is 0 Å². The number of aromatic carboxylic acids is 1. The largest absolute Gasteiger partial charge is 0.478 e. The number of carboxylic acids is 1. The highest BCUT2D eigenvalue weighted by Gasteiger charge is 2.25. The summed E-state index contributed by atoms with van der Waals surface area (Å²) in [4.78, 5) is 24.6. The van der Waals surface area contributed by atoms with E-state index in [2.05, 4.69) is 6.92 Å². The first-order valence-corrected chi connectivity index (χ1v) is 6.23. The monoisotopic (exact) mass is 251 g/mol. The van der Waals surface area contributed by atoms with Gasteiger partial charge in [-0.1, -0.05) is 13.3 Å².